The number of hydrogen-bond donors (Lipinski definition) is 0. The summed E-state index contributed by atoms with van der Waals surface area (Å²) in [6.07, 6.45) is 0. The normalized spacial score (nSPS) is 12.8. The monoisotopic (exact) mass is 415 g/mol. The molecule has 144 valence electrons. The SMILES string of the molecule is CC(C)CSc1nc2ccccc2nc1C(C#N)S(=O)(=O)c1ccc(F)cc1. The van der Waals surface area contributed by atoms with Gasteiger partial charge in [0.1, 0.15) is 16.5 Å². The summed E-state index contributed by atoms with van der Waals surface area (Å²) in [6, 6.07) is 13.4. The molecular formula is C20H18FN3O2S2. The molecule has 2 aromatic carbocycles. The lowest BCUT2D eigenvalue weighted by molar-refractivity contribution is 0.588. The summed E-state index contributed by atoms with van der Waals surface area (Å²) in [5, 5.41) is 8.61. The summed E-state index contributed by atoms with van der Waals surface area (Å²) in [5.41, 5.74) is 1.26. The quantitative estimate of drug-likeness (QED) is 0.434. The van der Waals surface area contributed by atoms with Crippen molar-refractivity contribution in [3.05, 3.63) is 60.0 Å². The highest BCUT2D eigenvalue weighted by atomic mass is 32.2. The van der Waals surface area contributed by atoms with Crippen LogP contribution in [0.25, 0.3) is 11.0 Å². The van der Waals surface area contributed by atoms with Gasteiger partial charge in [0.15, 0.2) is 5.25 Å². The van der Waals surface area contributed by atoms with Crippen molar-refractivity contribution in [2.75, 3.05) is 5.75 Å². The molecule has 0 saturated carbocycles. The van der Waals surface area contributed by atoms with E-state index in [2.05, 4.69) is 9.97 Å². The summed E-state index contributed by atoms with van der Waals surface area (Å²) in [5.74, 6) is 0.501. The highest BCUT2D eigenvalue weighted by Gasteiger charge is 2.33. The number of sulfone groups is 1. The van der Waals surface area contributed by atoms with Crippen LogP contribution < -0.4 is 0 Å². The number of aromatic nitrogens is 2. The number of halogens is 1. The third-order valence-electron chi connectivity index (χ3n) is 3.94. The number of benzene rings is 2. The van der Waals surface area contributed by atoms with E-state index in [0.29, 0.717) is 27.7 Å². The lowest BCUT2D eigenvalue weighted by Gasteiger charge is -2.15. The Hall–Kier alpha value is -2.50. The highest BCUT2D eigenvalue weighted by Crippen LogP contribution is 2.34. The van der Waals surface area contributed by atoms with Crippen molar-refractivity contribution in [2.45, 2.75) is 29.0 Å². The number of nitriles is 1. The van der Waals surface area contributed by atoms with Gasteiger partial charge in [0, 0.05) is 5.75 Å². The average molecular weight is 416 g/mol. The molecule has 0 fully saturated rings. The third-order valence-corrected chi connectivity index (χ3v) is 7.22. The molecule has 3 rings (SSSR count). The molecule has 8 heteroatoms. The van der Waals surface area contributed by atoms with Crippen LogP contribution in [0.3, 0.4) is 0 Å². The first kappa shape index (κ1) is 20.2. The second-order valence-electron chi connectivity index (χ2n) is 6.62. The van der Waals surface area contributed by atoms with E-state index in [0.717, 1.165) is 24.3 Å². The van der Waals surface area contributed by atoms with E-state index in [9.17, 15) is 18.1 Å². The molecule has 1 atom stereocenters. The van der Waals surface area contributed by atoms with E-state index in [4.69, 9.17) is 0 Å². The minimum Gasteiger partial charge on any atom is -0.246 e. The van der Waals surface area contributed by atoms with Crippen LogP contribution in [0.5, 0.6) is 0 Å². The Kier molecular flexibility index (Phi) is 5.96. The fourth-order valence-electron chi connectivity index (χ4n) is 2.56. The zero-order chi connectivity index (χ0) is 20.3. The van der Waals surface area contributed by atoms with Gasteiger partial charge in [-0.3, -0.25) is 0 Å². The summed E-state index contributed by atoms with van der Waals surface area (Å²) in [7, 11) is -4.09. The number of fused-ring (bicyclic) bond motifs is 1. The second-order valence-corrected chi connectivity index (χ2v) is 9.66. The number of para-hydroxylation sites is 2. The summed E-state index contributed by atoms with van der Waals surface area (Å²) < 4.78 is 39.4. The fraction of sp³-hybridized carbons (Fsp3) is 0.250. The standard InChI is InChI=1S/C20H18FN3O2S2/c1-13(2)12-27-20-19(23-16-5-3-4-6-17(16)24-20)18(11-22)28(25,26)15-9-7-14(21)8-10-15/h3-10,13,18H,12H2,1-2H3. The number of thioether (sulfide) groups is 1. The van der Waals surface area contributed by atoms with E-state index >= 15 is 0 Å². The second kappa shape index (κ2) is 8.25. The Bertz CT molecular complexity index is 1140. The van der Waals surface area contributed by atoms with Crippen molar-refractivity contribution < 1.29 is 12.8 Å². The topological polar surface area (TPSA) is 83.7 Å². The van der Waals surface area contributed by atoms with Gasteiger partial charge in [0.2, 0.25) is 9.84 Å². The van der Waals surface area contributed by atoms with E-state index in [1.54, 1.807) is 18.2 Å². The molecule has 0 N–H and O–H groups in total. The number of hydrogen-bond acceptors (Lipinski definition) is 6. The predicted octanol–water partition coefficient (Wildman–Crippen LogP) is 4.56. The zero-order valence-electron chi connectivity index (χ0n) is 15.3. The van der Waals surface area contributed by atoms with Crippen molar-refractivity contribution in [3.8, 4) is 6.07 Å². The van der Waals surface area contributed by atoms with Crippen LogP contribution >= 0.6 is 11.8 Å². The van der Waals surface area contributed by atoms with Crippen molar-refractivity contribution in [3.63, 3.8) is 0 Å². The lowest BCUT2D eigenvalue weighted by Crippen LogP contribution is -2.16. The Morgan fingerprint density at radius 3 is 2.25 bits per heavy atom. The molecule has 5 nitrogen and oxygen atoms in total. The van der Waals surface area contributed by atoms with E-state index in [1.807, 2.05) is 26.0 Å². The van der Waals surface area contributed by atoms with E-state index in [1.165, 1.54) is 11.8 Å². The van der Waals surface area contributed by atoms with Crippen LogP contribution in [0, 0.1) is 23.1 Å². The van der Waals surface area contributed by atoms with Crippen LogP contribution in [-0.4, -0.2) is 24.1 Å². The van der Waals surface area contributed by atoms with E-state index < -0.39 is 20.9 Å². The van der Waals surface area contributed by atoms with Gasteiger partial charge in [-0.1, -0.05) is 26.0 Å². The van der Waals surface area contributed by atoms with Gasteiger partial charge in [-0.05, 0) is 42.3 Å². The van der Waals surface area contributed by atoms with Crippen molar-refractivity contribution in [1.82, 2.24) is 9.97 Å². The molecular weight excluding hydrogens is 397 g/mol. The molecule has 1 unspecified atom stereocenters. The molecule has 0 aliphatic rings. The van der Waals surface area contributed by atoms with Crippen molar-refractivity contribution in [1.29, 1.82) is 5.26 Å². The number of nitrogens with zero attached hydrogens (tertiary/aromatic N) is 3. The van der Waals surface area contributed by atoms with Gasteiger partial charge >= 0.3 is 0 Å². The Morgan fingerprint density at radius 1 is 1.07 bits per heavy atom. The predicted molar refractivity (Wildman–Crippen MR) is 107 cm³/mol. The van der Waals surface area contributed by atoms with Crippen molar-refractivity contribution >= 4 is 32.6 Å². The summed E-state index contributed by atoms with van der Waals surface area (Å²) >= 11 is 1.38. The van der Waals surface area contributed by atoms with Gasteiger partial charge in [-0.2, -0.15) is 5.26 Å². The molecule has 0 aliphatic carbocycles. The minimum atomic E-state index is -4.09. The smallest absolute Gasteiger partial charge is 0.200 e. The average Bonchev–Trinajstić information content (AvgIpc) is 2.67. The molecule has 0 amide bonds. The fourth-order valence-corrected chi connectivity index (χ4v) is 4.98. The van der Waals surface area contributed by atoms with Gasteiger partial charge in [0.25, 0.3) is 0 Å². The molecule has 1 aromatic heterocycles. The largest absolute Gasteiger partial charge is 0.246 e. The van der Waals surface area contributed by atoms with Crippen LogP contribution in [0.1, 0.15) is 24.8 Å². The van der Waals surface area contributed by atoms with Crippen LogP contribution in [-0.2, 0) is 9.84 Å². The maximum atomic E-state index is 13.2. The lowest BCUT2D eigenvalue weighted by atomic mass is 10.2. The Balaban J connectivity index is 2.16. The molecule has 0 aliphatic heterocycles. The number of rotatable bonds is 6. The molecule has 0 spiro atoms. The minimum absolute atomic E-state index is 0.108. The van der Waals surface area contributed by atoms with Crippen LogP contribution in [0.2, 0.25) is 0 Å². The molecule has 3 aromatic rings. The van der Waals surface area contributed by atoms with Crippen molar-refractivity contribution in [2.24, 2.45) is 5.92 Å². The first-order valence-corrected chi connectivity index (χ1v) is 11.1. The Labute approximate surface area is 167 Å². The maximum Gasteiger partial charge on any atom is 0.200 e. The molecule has 28 heavy (non-hydrogen) atoms. The molecule has 0 saturated heterocycles. The van der Waals surface area contributed by atoms with Gasteiger partial charge in [-0.25, -0.2) is 22.8 Å². The third kappa shape index (κ3) is 4.16. The molecule has 1 heterocycles. The maximum absolute atomic E-state index is 13.2. The summed E-state index contributed by atoms with van der Waals surface area (Å²) in [6.45, 7) is 4.08. The van der Waals surface area contributed by atoms with Gasteiger partial charge in [-0.15, -0.1) is 11.8 Å². The first-order chi connectivity index (χ1) is 13.3. The Morgan fingerprint density at radius 2 is 1.68 bits per heavy atom. The molecule has 0 radical (unpaired) electrons. The van der Waals surface area contributed by atoms with E-state index in [-0.39, 0.29) is 10.6 Å². The van der Waals surface area contributed by atoms with Gasteiger partial charge < -0.3 is 0 Å². The molecule has 0 bridgehead atoms. The van der Waals surface area contributed by atoms with Gasteiger partial charge in [0.05, 0.1) is 22.0 Å². The zero-order valence-corrected chi connectivity index (χ0v) is 17.0. The highest BCUT2D eigenvalue weighted by molar-refractivity contribution is 7.99. The van der Waals surface area contributed by atoms with Crippen LogP contribution in [0.4, 0.5) is 4.39 Å². The van der Waals surface area contributed by atoms with Crippen LogP contribution in [0.15, 0.2) is 58.5 Å². The summed E-state index contributed by atoms with van der Waals surface area (Å²) in [4.78, 5) is 8.91. The first-order valence-electron chi connectivity index (χ1n) is 8.61.